The van der Waals surface area contributed by atoms with E-state index in [1.165, 1.54) is 30.0 Å². The molecular weight excluding hydrogens is 479 g/mol. The summed E-state index contributed by atoms with van der Waals surface area (Å²) < 4.78 is 44.8. The fourth-order valence-electron chi connectivity index (χ4n) is 3.64. The number of amides is 1. The highest BCUT2D eigenvalue weighted by molar-refractivity contribution is 7.88. The lowest BCUT2D eigenvalue weighted by Crippen LogP contribution is -2.40. The third kappa shape index (κ3) is 6.62. The Morgan fingerprint density at radius 3 is 2.57 bits per heavy atom. The van der Waals surface area contributed by atoms with Crippen LogP contribution < -0.4 is 15.6 Å². The number of aromatic nitrogens is 2. The number of nitrogens with zero attached hydrogens (tertiary/aromatic N) is 2. The quantitative estimate of drug-likeness (QED) is 0.375. The van der Waals surface area contributed by atoms with Gasteiger partial charge in [-0.2, -0.15) is 0 Å². The van der Waals surface area contributed by atoms with Crippen LogP contribution in [0.3, 0.4) is 0 Å². The van der Waals surface area contributed by atoms with Crippen molar-refractivity contribution in [1.29, 1.82) is 0 Å². The number of carbonyl (C=O) groups excluding carboxylic acids is 1. The summed E-state index contributed by atoms with van der Waals surface area (Å²) in [6.45, 7) is 1.63. The third-order valence-electron chi connectivity index (χ3n) is 5.18. The molecule has 3 aromatic rings. The highest BCUT2D eigenvalue weighted by atomic mass is 32.2. The van der Waals surface area contributed by atoms with E-state index in [2.05, 4.69) is 15.0 Å². The number of ether oxygens (including phenoxy) is 1. The zero-order valence-corrected chi connectivity index (χ0v) is 20.4. The van der Waals surface area contributed by atoms with Gasteiger partial charge in [0, 0.05) is 32.4 Å². The summed E-state index contributed by atoms with van der Waals surface area (Å²) >= 11 is 0. The summed E-state index contributed by atoms with van der Waals surface area (Å²) in [6.07, 6.45) is 2.85. The average molecular weight is 507 g/mol. The molecule has 0 fully saturated rings. The molecule has 3 N–H and O–H groups in total. The highest BCUT2D eigenvalue weighted by Gasteiger charge is 2.24. The minimum atomic E-state index is -3.52. The van der Waals surface area contributed by atoms with E-state index in [0.717, 1.165) is 11.8 Å². The van der Waals surface area contributed by atoms with Crippen LogP contribution in [0.4, 0.5) is 4.39 Å². The van der Waals surface area contributed by atoms with Gasteiger partial charge >= 0.3 is 0 Å². The summed E-state index contributed by atoms with van der Waals surface area (Å²) in [4.78, 5) is 30.4. The lowest BCUT2D eigenvalue weighted by atomic mass is 10.1. The highest BCUT2D eigenvalue weighted by Crippen LogP contribution is 2.26. The van der Waals surface area contributed by atoms with Crippen molar-refractivity contribution in [3.05, 3.63) is 69.4 Å². The Morgan fingerprint density at radius 1 is 1.26 bits per heavy atom. The SMILES string of the molecule is COCC(C)NC(=O)c1c(O)c2ncc(Cc3ccc(F)cc3)cc2n(CCNS(C)(=O)=O)c1=O. The zero-order chi connectivity index (χ0) is 25.8. The molecule has 12 heteroatoms. The second-order valence-electron chi connectivity index (χ2n) is 8.19. The topological polar surface area (TPSA) is 140 Å². The Balaban J connectivity index is 2.09. The van der Waals surface area contributed by atoms with Crippen molar-refractivity contribution in [2.45, 2.75) is 25.9 Å². The number of nitrogens with one attached hydrogen (secondary N) is 2. The molecule has 0 bridgehead atoms. The largest absolute Gasteiger partial charge is 0.505 e. The molecule has 0 spiro atoms. The van der Waals surface area contributed by atoms with Crippen LogP contribution in [0.25, 0.3) is 11.0 Å². The number of benzene rings is 1. The number of fused-ring (bicyclic) bond motifs is 1. The minimum absolute atomic E-state index is 0.0105. The molecule has 2 heterocycles. The third-order valence-corrected chi connectivity index (χ3v) is 5.91. The molecule has 1 atom stereocenters. The molecule has 35 heavy (non-hydrogen) atoms. The predicted molar refractivity (Wildman–Crippen MR) is 129 cm³/mol. The van der Waals surface area contributed by atoms with Crippen LogP contribution in [0.15, 0.2) is 41.3 Å². The van der Waals surface area contributed by atoms with Gasteiger partial charge in [0.2, 0.25) is 10.0 Å². The Bertz CT molecular complexity index is 1390. The van der Waals surface area contributed by atoms with Crippen molar-refractivity contribution in [1.82, 2.24) is 19.6 Å². The molecule has 0 saturated carbocycles. The van der Waals surface area contributed by atoms with Crippen molar-refractivity contribution >= 4 is 27.0 Å². The maximum atomic E-state index is 13.3. The Labute approximate surface area is 201 Å². The molecule has 188 valence electrons. The van der Waals surface area contributed by atoms with Crippen molar-refractivity contribution < 1.29 is 27.4 Å². The van der Waals surface area contributed by atoms with Gasteiger partial charge in [-0.05, 0) is 42.7 Å². The monoisotopic (exact) mass is 506 g/mol. The van der Waals surface area contributed by atoms with Crippen molar-refractivity contribution in [3.8, 4) is 5.75 Å². The van der Waals surface area contributed by atoms with Gasteiger partial charge in [-0.15, -0.1) is 0 Å². The molecule has 1 unspecified atom stereocenters. The van der Waals surface area contributed by atoms with Crippen LogP contribution in [0.5, 0.6) is 5.75 Å². The molecule has 0 aliphatic rings. The van der Waals surface area contributed by atoms with Gasteiger partial charge in [-0.25, -0.2) is 17.5 Å². The Kier molecular flexibility index (Phi) is 8.20. The van der Waals surface area contributed by atoms with Gasteiger partial charge in [-0.1, -0.05) is 12.1 Å². The van der Waals surface area contributed by atoms with E-state index in [1.54, 1.807) is 25.1 Å². The van der Waals surface area contributed by atoms with Gasteiger partial charge < -0.3 is 19.7 Å². The molecule has 2 aromatic heterocycles. The minimum Gasteiger partial charge on any atom is -0.505 e. The van der Waals surface area contributed by atoms with Gasteiger partial charge in [0.1, 0.15) is 16.9 Å². The number of methoxy groups -OCH3 is 1. The summed E-state index contributed by atoms with van der Waals surface area (Å²) in [5, 5.41) is 13.4. The normalized spacial score (nSPS) is 12.6. The Hall–Kier alpha value is -3.35. The average Bonchev–Trinajstić information content (AvgIpc) is 2.77. The van der Waals surface area contributed by atoms with E-state index in [4.69, 9.17) is 4.74 Å². The molecule has 1 aromatic carbocycles. The maximum Gasteiger partial charge on any atom is 0.267 e. The van der Waals surface area contributed by atoms with Crippen LogP contribution in [-0.4, -0.2) is 61.5 Å². The van der Waals surface area contributed by atoms with Gasteiger partial charge in [0.05, 0.1) is 18.4 Å². The van der Waals surface area contributed by atoms with Gasteiger partial charge in [0.25, 0.3) is 11.5 Å². The van der Waals surface area contributed by atoms with Crippen molar-refractivity contribution in [3.63, 3.8) is 0 Å². The first-order valence-electron chi connectivity index (χ1n) is 10.7. The summed E-state index contributed by atoms with van der Waals surface area (Å²) in [5.41, 5.74) is 0.401. The van der Waals surface area contributed by atoms with E-state index in [9.17, 15) is 27.5 Å². The second kappa shape index (κ2) is 10.9. The Morgan fingerprint density at radius 2 is 1.94 bits per heavy atom. The summed E-state index contributed by atoms with van der Waals surface area (Å²) in [5.74, 6) is -1.75. The van der Waals surface area contributed by atoms with Crippen molar-refractivity contribution in [2.24, 2.45) is 0 Å². The molecule has 0 radical (unpaired) electrons. The fourth-order valence-corrected chi connectivity index (χ4v) is 4.10. The number of rotatable bonds is 10. The van der Waals surface area contributed by atoms with Crippen LogP contribution in [0.1, 0.15) is 28.4 Å². The first kappa shape index (κ1) is 26.3. The number of aromatic hydroxyl groups is 1. The van der Waals surface area contributed by atoms with E-state index in [0.29, 0.717) is 12.0 Å². The molecule has 1 amide bonds. The number of sulfonamides is 1. The molecule has 0 aliphatic carbocycles. The summed E-state index contributed by atoms with van der Waals surface area (Å²) in [6, 6.07) is 7.09. The standard InChI is InChI=1S/C23H27FN4O6S/c1-14(13-34-2)27-22(30)19-21(29)20-18(28(23(19)31)9-8-26-35(3,32)33)11-16(12-25-20)10-15-4-6-17(24)7-5-15/h4-7,11-12,14,26,29H,8-10,13H2,1-3H3,(H,27,30). The number of carbonyl (C=O) groups is 1. The number of hydrogen-bond donors (Lipinski definition) is 3. The van der Waals surface area contributed by atoms with E-state index < -0.39 is 38.8 Å². The first-order valence-corrected chi connectivity index (χ1v) is 12.6. The second-order valence-corrected chi connectivity index (χ2v) is 10.0. The molecule has 0 saturated heterocycles. The van der Waals surface area contributed by atoms with Crippen LogP contribution in [0, 0.1) is 5.82 Å². The number of pyridine rings is 2. The molecule has 3 rings (SSSR count). The predicted octanol–water partition coefficient (Wildman–Crippen LogP) is 1.15. The molecule has 0 aliphatic heterocycles. The van der Waals surface area contributed by atoms with Crippen molar-refractivity contribution in [2.75, 3.05) is 26.5 Å². The smallest absolute Gasteiger partial charge is 0.267 e. The lowest BCUT2D eigenvalue weighted by Gasteiger charge is -2.17. The summed E-state index contributed by atoms with van der Waals surface area (Å²) in [7, 11) is -2.06. The lowest BCUT2D eigenvalue weighted by molar-refractivity contribution is 0.0901. The first-order chi connectivity index (χ1) is 16.5. The number of hydrogen-bond acceptors (Lipinski definition) is 7. The van der Waals surface area contributed by atoms with Crippen LogP contribution in [-0.2, 0) is 27.7 Å². The van der Waals surface area contributed by atoms with Crippen LogP contribution >= 0.6 is 0 Å². The van der Waals surface area contributed by atoms with E-state index in [1.807, 2.05) is 0 Å². The fraction of sp³-hybridized carbons (Fsp3) is 0.348. The van der Waals surface area contributed by atoms with E-state index >= 15 is 0 Å². The molecule has 10 nitrogen and oxygen atoms in total. The maximum absolute atomic E-state index is 13.3. The van der Waals surface area contributed by atoms with E-state index in [-0.39, 0.29) is 36.5 Å². The van der Waals surface area contributed by atoms with Gasteiger partial charge in [0.15, 0.2) is 5.75 Å². The molecular formula is C23H27FN4O6S. The van der Waals surface area contributed by atoms with Crippen LogP contribution in [0.2, 0.25) is 0 Å². The number of halogens is 1. The zero-order valence-electron chi connectivity index (χ0n) is 19.5. The van der Waals surface area contributed by atoms with Gasteiger partial charge in [-0.3, -0.25) is 14.6 Å².